The van der Waals surface area contributed by atoms with E-state index in [1.165, 1.54) is 0 Å². The lowest BCUT2D eigenvalue weighted by Gasteiger charge is -2.24. The lowest BCUT2D eigenvalue weighted by atomic mass is 10.1. The second-order valence-electron chi connectivity index (χ2n) is 8.35. The van der Waals surface area contributed by atoms with Gasteiger partial charge >= 0.3 is 6.09 Å². The summed E-state index contributed by atoms with van der Waals surface area (Å²) in [6.45, 7) is 12.4. The summed E-state index contributed by atoms with van der Waals surface area (Å²) >= 11 is 0. The van der Waals surface area contributed by atoms with Gasteiger partial charge in [-0.3, -0.25) is 0 Å². The number of nitrogens with one attached hydrogen (secondary N) is 3. The van der Waals surface area contributed by atoms with Crippen molar-refractivity contribution in [3.63, 3.8) is 0 Å². The molecule has 1 unspecified atom stereocenters. The van der Waals surface area contributed by atoms with E-state index < -0.39 is 11.7 Å². The fraction of sp³-hybridized carbons (Fsp3) is 0.800. The van der Waals surface area contributed by atoms with Crippen LogP contribution in [-0.4, -0.2) is 51.5 Å². The van der Waals surface area contributed by atoms with Gasteiger partial charge in [-0.1, -0.05) is 19.8 Å². The summed E-state index contributed by atoms with van der Waals surface area (Å²) in [5, 5.41) is 18.1. The van der Waals surface area contributed by atoms with E-state index in [4.69, 9.17) is 9.73 Å². The minimum Gasteiger partial charge on any atom is -0.444 e. The maximum atomic E-state index is 12.0. The number of rotatable bonds is 9. The second kappa shape index (κ2) is 11.0. The number of nitrogens with zero attached hydrogens (tertiary/aromatic N) is 4. The number of unbranched alkanes of at least 4 members (excludes halogenated alkanes) is 1. The SMILES string of the molecule is CCCCC(CNC(=O)OC(C)(C)C)NC(=NCc1nnc2n1CCC2)NCC. The highest BCUT2D eigenvalue weighted by atomic mass is 16.6. The molecule has 2 heterocycles. The van der Waals surface area contributed by atoms with Crippen LogP contribution in [0.25, 0.3) is 0 Å². The number of guanidine groups is 1. The standard InChI is InChI=1S/C20H37N7O2/c1-6-8-10-15(13-23-19(28)29-20(3,4)5)24-18(21-7-2)22-14-17-26-25-16-11-9-12-27(16)17/h15H,6-14H2,1-5H3,(H,23,28)(H2,21,22,24). The van der Waals surface area contributed by atoms with Crippen molar-refractivity contribution in [3.8, 4) is 0 Å². The largest absolute Gasteiger partial charge is 0.444 e. The zero-order valence-electron chi connectivity index (χ0n) is 18.5. The number of aromatic nitrogens is 3. The summed E-state index contributed by atoms with van der Waals surface area (Å²) in [7, 11) is 0. The first-order chi connectivity index (χ1) is 13.8. The van der Waals surface area contributed by atoms with Crippen LogP contribution >= 0.6 is 0 Å². The van der Waals surface area contributed by atoms with Gasteiger partial charge in [-0.2, -0.15) is 0 Å². The molecule has 1 aromatic heterocycles. The molecule has 1 aliphatic rings. The van der Waals surface area contributed by atoms with Gasteiger partial charge in [0.2, 0.25) is 0 Å². The maximum Gasteiger partial charge on any atom is 0.407 e. The van der Waals surface area contributed by atoms with Gasteiger partial charge in [0.25, 0.3) is 0 Å². The molecule has 3 N–H and O–H groups in total. The van der Waals surface area contributed by atoms with Gasteiger partial charge in [0.05, 0.1) is 0 Å². The Balaban J connectivity index is 1.97. The van der Waals surface area contributed by atoms with Crippen LogP contribution in [-0.2, 0) is 24.2 Å². The number of hydrogen-bond donors (Lipinski definition) is 3. The number of fused-ring (bicyclic) bond motifs is 1. The normalized spacial score (nSPS) is 15.0. The first kappa shape index (κ1) is 23.0. The van der Waals surface area contributed by atoms with Crippen molar-refractivity contribution in [2.75, 3.05) is 13.1 Å². The molecule has 0 radical (unpaired) electrons. The van der Waals surface area contributed by atoms with E-state index in [1.54, 1.807) is 0 Å². The lowest BCUT2D eigenvalue weighted by molar-refractivity contribution is 0.0522. The molecular formula is C20H37N7O2. The lowest BCUT2D eigenvalue weighted by Crippen LogP contribution is -2.49. The van der Waals surface area contributed by atoms with Crippen LogP contribution in [0, 0.1) is 0 Å². The van der Waals surface area contributed by atoms with Crippen LogP contribution in [0.15, 0.2) is 4.99 Å². The molecule has 0 spiro atoms. The summed E-state index contributed by atoms with van der Waals surface area (Å²) in [6, 6.07) is 0.0596. The molecule has 1 aromatic rings. The van der Waals surface area contributed by atoms with Crippen molar-refractivity contribution in [3.05, 3.63) is 11.6 Å². The summed E-state index contributed by atoms with van der Waals surface area (Å²) in [4.78, 5) is 16.7. The third kappa shape index (κ3) is 7.91. The Kier molecular flexibility index (Phi) is 8.72. The van der Waals surface area contributed by atoms with E-state index in [9.17, 15) is 4.79 Å². The van der Waals surface area contributed by atoms with Gasteiger partial charge in [-0.25, -0.2) is 9.79 Å². The van der Waals surface area contributed by atoms with E-state index in [-0.39, 0.29) is 6.04 Å². The molecule has 0 bridgehead atoms. The van der Waals surface area contributed by atoms with E-state index in [1.807, 2.05) is 27.7 Å². The fourth-order valence-corrected chi connectivity index (χ4v) is 3.19. The zero-order chi connectivity index (χ0) is 21.3. The van der Waals surface area contributed by atoms with Crippen molar-refractivity contribution in [2.45, 2.75) is 91.5 Å². The maximum absolute atomic E-state index is 12.0. The highest BCUT2D eigenvalue weighted by Gasteiger charge is 2.19. The molecule has 1 atom stereocenters. The third-order valence-corrected chi connectivity index (χ3v) is 4.55. The topological polar surface area (TPSA) is 105 Å². The molecular weight excluding hydrogens is 370 g/mol. The van der Waals surface area contributed by atoms with Gasteiger partial charge in [-0.15, -0.1) is 10.2 Å². The summed E-state index contributed by atoms with van der Waals surface area (Å²) in [6.07, 6.45) is 4.79. The summed E-state index contributed by atoms with van der Waals surface area (Å²) in [5.41, 5.74) is -0.509. The average Bonchev–Trinajstić information content (AvgIpc) is 3.24. The molecule has 2 rings (SSSR count). The van der Waals surface area contributed by atoms with Crippen LogP contribution in [0.2, 0.25) is 0 Å². The monoisotopic (exact) mass is 407 g/mol. The molecule has 29 heavy (non-hydrogen) atoms. The van der Waals surface area contributed by atoms with Gasteiger partial charge in [0.1, 0.15) is 18.0 Å². The number of hydrogen-bond acceptors (Lipinski definition) is 5. The van der Waals surface area contributed by atoms with Crippen molar-refractivity contribution in [2.24, 2.45) is 4.99 Å². The van der Waals surface area contributed by atoms with Crippen LogP contribution < -0.4 is 16.0 Å². The van der Waals surface area contributed by atoms with E-state index in [0.717, 1.165) is 62.8 Å². The third-order valence-electron chi connectivity index (χ3n) is 4.55. The highest BCUT2D eigenvalue weighted by molar-refractivity contribution is 5.80. The zero-order valence-corrected chi connectivity index (χ0v) is 18.5. The van der Waals surface area contributed by atoms with Crippen molar-refractivity contribution >= 4 is 12.1 Å². The molecule has 0 aromatic carbocycles. The highest BCUT2D eigenvalue weighted by Crippen LogP contribution is 2.14. The molecule has 1 aliphatic heterocycles. The van der Waals surface area contributed by atoms with Crippen LogP contribution in [0.4, 0.5) is 4.79 Å². The Morgan fingerprint density at radius 3 is 2.76 bits per heavy atom. The molecule has 0 aliphatic carbocycles. The molecule has 9 nitrogen and oxygen atoms in total. The molecule has 9 heteroatoms. The quantitative estimate of drug-likeness (QED) is 0.429. The fourth-order valence-electron chi connectivity index (χ4n) is 3.19. The van der Waals surface area contributed by atoms with Crippen LogP contribution in [0.3, 0.4) is 0 Å². The molecule has 1 amide bonds. The number of carbonyl (C=O) groups is 1. The molecule has 0 saturated heterocycles. The predicted molar refractivity (Wildman–Crippen MR) is 114 cm³/mol. The Labute approximate surface area is 174 Å². The Bertz CT molecular complexity index is 679. The van der Waals surface area contributed by atoms with Gasteiger partial charge in [-0.05, 0) is 40.5 Å². The minimum absolute atomic E-state index is 0.0596. The van der Waals surface area contributed by atoms with Gasteiger partial charge in [0.15, 0.2) is 11.8 Å². The van der Waals surface area contributed by atoms with Crippen molar-refractivity contribution in [1.82, 2.24) is 30.7 Å². The smallest absolute Gasteiger partial charge is 0.407 e. The molecule has 0 fully saturated rings. The van der Waals surface area contributed by atoms with Gasteiger partial charge in [0, 0.05) is 32.1 Å². The summed E-state index contributed by atoms with van der Waals surface area (Å²) < 4.78 is 7.50. The van der Waals surface area contributed by atoms with Crippen LogP contribution in [0.5, 0.6) is 0 Å². The van der Waals surface area contributed by atoms with E-state index in [0.29, 0.717) is 13.1 Å². The minimum atomic E-state index is -0.509. The van der Waals surface area contributed by atoms with E-state index in [2.05, 4.69) is 37.6 Å². The van der Waals surface area contributed by atoms with Crippen LogP contribution in [0.1, 0.15) is 72.0 Å². The Hall–Kier alpha value is -2.32. The predicted octanol–water partition coefficient (Wildman–Crippen LogP) is 2.36. The van der Waals surface area contributed by atoms with Crippen molar-refractivity contribution in [1.29, 1.82) is 0 Å². The Morgan fingerprint density at radius 1 is 1.28 bits per heavy atom. The Morgan fingerprint density at radius 2 is 2.07 bits per heavy atom. The first-order valence-electron chi connectivity index (χ1n) is 10.7. The number of ether oxygens (including phenoxy) is 1. The molecule has 164 valence electrons. The van der Waals surface area contributed by atoms with E-state index >= 15 is 0 Å². The molecule has 0 saturated carbocycles. The number of carbonyl (C=O) groups excluding carboxylic acids is 1. The first-order valence-corrected chi connectivity index (χ1v) is 10.7. The number of alkyl carbamates (subject to hydrolysis) is 1. The van der Waals surface area contributed by atoms with Gasteiger partial charge < -0.3 is 25.3 Å². The van der Waals surface area contributed by atoms with Crippen molar-refractivity contribution < 1.29 is 9.53 Å². The number of aryl methyl sites for hydroxylation is 1. The average molecular weight is 408 g/mol. The number of aliphatic imine (C=N–C) groups is 1. The second-order valence-corrected chi connectivity index (χ2v) is 8.35. The number of amides is 1. The summed E-state index contributed by atoms with van der Waals surface area (Å²) in [5.74, 6) is 2.66.